The molecule has 96 valence electrons. The maximum Gasteiger partial charge on any atom is 0.122 e. The average Bonchev–Trinajstić information content (AvgIpc) is 2.60. The van der Waals surface area contributed by atoms with Crippen LogP contribution in [0.4, 0.5) is 5.69 Å². The molecule has 0 spiro atoms. The Kier molecular flexibility index (Phi) is 4.19. The van der Waals surface area contributed by atoms with Gasteiger partial charge in [-0.2, -0.15) is 5.10 Å². The van der Waals surface area contributed by atoms with Crippen molar-refractivity contribution in [1.29, 1.82) is 0 Å². The predicted octanol–water partition coefficient (Wildman–Crippen LogP) is 3.99. The van der Waals surface area contributed by atoms with Crippen LogP contribution in [-0.4, -0.2) is 9.78 Å². The zero-order chi connectivity index (χ0) is 13.1. The normalized spacial score (nSPS) is 10.8. The molecule has 1 aromatic carbocycles. The summed E-state index contributed by atoms with van der Waals surface area (Å²) in [6, 6.07) is 7.75. The lowest BCUT2D eigenvalue weighted by molar-refractivity contribution is 0.556. The SMILES string of the molecule is CCCn1nc(C)c(N)c1Sc1ccc(Cl)cc1. The van der Waals surface area contributed by atoms with E-state index in [2.05, 4.69) is 12.0 Å². The first-order valence-corrected chi connectivity index (χ1v) is 7.07. The second-order valence-corrected chi connectivity index (χ2v) is 5.58. The van der Waals surface area contributed by atoms with Crippen LogP contribution in [-0.2, 0) is 6.54 Å². The van der Waals surface area contributed by atoms with Gasteiger partial charge in [-0.1, -0.05) is 30.3 Å². The number of anilines is 1. The van der Waals surface area contributed by atoms with Gasteiger partial charge in [0.15, 0.2) is 0 Å². The minimum absolute atomic E-state index is 0.741. The van der Waals surface area contributed by atoms with E-state index in [1.54, 1.807) is 11.8 Å². The summed E-state index contributed by atoms with van der Waals surface area (Å²) in [4.78, 5) is 1.11. The highest BCUT2D eigenvalue weighted by Crippen LogP contribution is 2.34. The van der Waals surface area contributed by atoms with Crippen LogP contribution < -0.4 is 5.73 Å². The number of aromatic nitrogens is 2. The molecule has 2 N–H and O–H groups in total. The van der Waals surface area contributed by atoms with E-state index in [0.717, 1.165) is 39.3 Å². The van der Waals surface area contributed by atoms with Gasteiger partial charge in [-0.15, -0.1) is 0 Å². The predicted molar refractivity (Wildman–Crippen MR) is 77.2 cm³/mol. The van der Waals surface area contributed by atoms with Gasteiger partial charge in [-0.25, -0.2) is 0 Å². The van der Waals surface area contributed by atoms with Gasteiger partial charge >= 0.3 is 0 Å². The fraction of sp³-hybridized carbons (Fsp3) is 0.308. The Morgan fingerprint density at radius 2 is 2.00 bits per heavy atom. The van der Waals surface area contributed by atoms with E-state index in [1.807, 2.05) is 35.9 Å². The van der Waals surface area contributed by atoms with Gasteiger partial charge in [0.2, 0.25) is 0 Å². The molecule has 5 heteroatoms. The summed E-state index contributed by atoms with van der Waals surface area (Å²) in [5, 5.41) is 6.21. The minimum atomic E-state index is 0.741. The Balaban J connectivity index is 2.30. The average molecular weight is 282 g/mol. The van der Waals surface area contributed by atoms with Gasteiger partial charge in [0.05, 0.1) is 11.4 Å². The van der Waals surface area contributed by atoms with Crippen molar-refractivity contribution >= 4 is 29.1 Å². The second kappa shape index (κ2) is 5.67. The number of aryl methyl sites for hydroxylation is 2. The summed E-state index contributed by atoms with van der Waals surface area (Å²) in [7, 11) is 0. The van der Waals surface area contributed by atoms with Crippen molar-refractivity contribution in [2.75, 3.05) is 5.73 Å². The summed E-state index contributed by atoms with van der Waals surface area (Å²) in [5.41, 5.74) is 7.74. The number of nitrogens with zero attached hydrogens (tertiary/aromatic N) is 2. The number of nitrogens with two attached hydrogens (primary N) is 1. The first-order chi connectivity index (χ1) is 8.61. The standard InChI is InChI=1S/C13H16ClN3S/c1-3-8-17-13(12(15)9(2)16-17)18-11-6-4-10(14)5-7-11/h4-7H,3,8,15H2,1-2H3. The van der Waals surface area contributed by atoms with Crippen molar-refractivity contribution in [2.45, 2.75) is 36.7 Å². The van der Waals surface area contributed by atoms with Gasteiger partial charge < -0.3 is 5.73 Å². The van der Waals surface area contributed by atoms with Crippen molar-refractivity contribution in [2.24, 2.45) is 0 Å². The highest BCUT2D eigenvalue weighted by Gasteiger charge is 2.13. The fourth-order valence-corrected chi connectivity index (χ4v) is 2.78. The summed E-state index contributed by atoms with van der Waals surface area (Å²) in [6.45, 7) is 4.95. The Labute approximate surface area is 116 Å². The monoisotopic (exact) mass is 281 g/mol. The molecular weight excluding hydrogens is 266 g/mol. The van der Waals surface area contributed by atoms with E-state index in [4.69, 9.17) is 17.3 Å². The molecule has 2 rings (SSSR count). The van der Waals surface area contributed by atoms with Crippen LogP contribution in [0.25, 0.3) is 0 Å². The lowest BCUT2D eigenvalue weighted by atomic mass is 10.4. The van der Waals surface area contributed by atoms with E-state index in [1.165, 1.54) is 0 Å². The smallest absolute Gasteiger partial charge is 0.122 e. The number of halogens is 1. The van der Waals surface area contributed by atoms with E-state index >= 15 is 0 Å². The maximum atomic E-state index is 6.08. The molecule has 0 aliphatic rings. The lowest BCUT2D eigenvalue weighted by Crippen LogP contribution is -2.01. The summed E-state index contributed by atoms with van der Waals surface area (Å²) < 4.78 is 1.98. The van der Waals surface area contributed by atoms with Crippen LogP contribution in [0.1, 0.15) is 19.0 Å². The summed E-state index contributed by atoms with van der Waals surface area (Å²) >= 11 is 7.51. The Morgan fingerprint density at radius 3 is 2.61 bits per heavy atom. The molecule has 2 aromatic rings. The Bertz CT molecular complexity index is 534. The van der Waals surface area contributed by atoms with Crippen LogP contribution >= 0.6 is 23.4 Å². The molecule has 0 aliphatic heterocycles. The van der Waals surface area contributed by atoms with Crippen LogP contribution in [0.3, 0.4) is 0 Å². The largest absolute Gasteiger partial charge is 0.395 e. The van der Waals surface area contributed by atoms with E-state index < -0.39 is 0 Å². The third-order valence-electron chi connectivity index (χ3n) is 2.59. The number of nitrogen functional groups attached to an aromatic ring is 1. The molecule has 0 radical (unpaired) electrons. The summed E-state index contributed by atoms with van der Waals surface area (Å²) in [6.07, 6.45) is 1.04. The molecule has 0 bridgehead atoms. The number of benzene rings is 1. The zero-order valence-corrected chi connectivity index (χ0v) is 12.1. The van der Waals surface area contributed by atoms with Crippen molar-refractivity contribution in [3.8, 4) is 0 Å². The highest BCUT2D eigenvalue weighted by molar-refractivity contribution is 7.99. The van der Waals surface area contributed by atoms with Crippen molar-refractivity contribution in [1.82, 2.24) is 9.78 Å². The van der Waals surface area contributed by atoms with Crippen molar-refractivity contribution in [3.05, 3.63) is 35.0 Å². The van der Waals surface area contributed by atoms with Gasteiger partial charge in [0, 0.05) is 16.5 Å². The van der Waals surface area contributed by atoms with E-state index in [0.29, 0.717) is 0 Å². The molecule has 0 atom stereocenters. The molecular formula is C13H16ClN3S. The third-order valence-corrected chi connectivity index (χ3v) is 3.97. The van der Waals surface area contributed by atoms with Gasteiger partial charge in [-0.3, -0.25) is 4.68 Å². The van der Waals surface area contributed by atoms with Crippen LogP contribution in [0.15, 0.2) is 34.2 Å². The third kappa shape index (κ3) is 2.82. The molecule has 1 heterocycles. The molecule has 0 fully saturated rings. The summed E-state index contributed by atoms with van der Waals surface area (Å²) in [5.74, 6) is 0. The second-order valence-electron chi connectivity index (χ2n) is 4.08. The van der Waals surface area contributed by atoms with Gasteiger partial charge in [0.1, 0.15) is 5.03 Å². The first kappa shape index (κ1) is 13.3. The quantitative estimate of drug-likeness (QED) is 0.921. The first-order valence-electron chi connectivity index (χ1n) is 5.88. The molecule has 0 saturated carbocycles. The molecule has 0 unspecified atom stereocenters. The van der Waals surface area contributed by atoms with Crippen molar-refractivity contribution in [3.63, 3.8) is 0 Å². The van der Waals surface area contributed by atoms with Crippen molar-refractivity contribution < 1.29 is 0 Å². The molecule has 1 aromatic heterocycles. The highest BCUT2D eigenvalue weighted by atomic mass is 35.5. The number of hydrogen-bond acceptors (Lipinski definition) is 3. The minimum Gasteiger partial charge on any atom is -0.395 e. The number of hydrogen-bond donors (Lipinski definition) is 1. The topological polar surface area (TPSA) is 43.8 Å². The molecule has 0 saturated heterocycles. The molecule has 3 nitrogen and oxygen atoms in total. The molecule has 18 heavy (non-hydrogen) atoms. The van der Waals surface area contributed by atoms with Crippen LogP contribution in [0.5, 0.6) is 0 Å². The maximum absolute atomic E-state index is 6.08. The lowest BCUT2D eigenvalue weighted by Gasteiger charge is -2.06. The fourth-order valence-electron chi connectivity index (χ4n) is 1.66. The Hall–Kier alpha value is -1.13. The van der Waals surface area contributed by atoms with Crippen LogP contribution in [0, 0.1) is 6.92 Å². The van der Waals surface area contributed by atoms with Gasteiger partial charge in [0.25, 0.3) is 0 Å². The van der Waals surface area contributed by atoms with E-state index in [-0.39, 0.29) is 0 Å². The molecule has 0 aliphatic carbocycles. The number of rotatable bonds is 4. The van der Waals surface area contributed by atoms with Gasteiger partial charge in [-0.05, 0) is 37.6 Å². The van der Waals surface area contributed by atoms with E-state index in [9.17, 15) is 0 Å². The Morgan fingerprint density at radius 1 is 1.33 bits per heavy atom. The van der Waals surface area contributed by atoms with Crippen LogP contribution in [0.2, 0.25) is 5.02 Å². The molecule has 0 amide bonds. The zero-order valence-electron chi connectivity index (χ0n) is 10.5.